The highest BCUT2D eigenvalue weighted by Crippen LogP contribution is 2.35. The number of esters is 1. The average Bonchev–Trinajstić information content (AvgIpc) is 3.05. The Morgan fingerprint density at radius 1 is 1.06 bits per heavy atom. The van der Waals surface area contributed by atoms with Gasteiger partial charge in [0.25, 0.3) is 11.8 Å². The quantitative estimate of drug-likeness (QED) is 0.400. The molecule has 2 amide bonds. The zero-order chi connectivity index (χ0) is 23.4. The molecule has 2 aromatic carbocycles. The Balaban J connectivity index is 1.97. The molecule has 0 unspecified atom stereocenters. The molecule has 0 saturated heterocycles. The summed E-state index contributed by atoms with van der Waals surface area (Å²) in [7, 11) is 0. The molecule has 0 aliphatic rings. The van der Waals surface area contributed by atoms with E-state index >= 15 is 0 Å². The maximum Gasteiger partial charge on any atom is 0.341 e. The Hall–Kier alpha value is -2.94. The summed E-state index contributed by atoms with van der Waals surface area (Å²) in [6.07, 6.45) is 0. The van der Waals surface area contributed by atoms with Gasteiger partial charge in [0.05, 0.1) is 33.3 Å². The van der Waals surface area contributed by atoms with Crippen LogP contribution < -0.4 is 10.6 Å². The summed E-state index contributed by atoms with van der Waals surface area (Å²) in [6.45, 7) is 3.28. The van der Waals surface area contributed by atoms with E-state index in [1.54, 1.807) is 19.9 Å². The van der Waals surface area contributed by atoms with Gasteiger partial charge in [0.2, 0.25) is 0 Å². The molecule has 0 atom stereocenters. The van der Waals surface area contributed by atoms with Crippen LogP contribution in [-0.4, -0.2) is 24.4 Å². The Morgan fingerprint density at radius 3 is 2.44 bits per heavy atom. The second kappa shape index (κ2) is 10.1. The minimum atomic E-state index is -0.705. The lowest BCUT2D eigenvalue weighted by atomic mass is 10.1. The summed E-state index contributed by atoms with van der Waals surface area (Å²) in [5.74, 6) is -2.54. The maximum absolute atomic E-state index is 13.9. The largest absolute Gasteiger partial charge is 0.462 e. The zero-order valence-electron chi connectivity index (χ0n) is 16.9. The molecule has 6 nitrogen and oxygen atoms in total. The highest BCUT2D eigenvalue weighted by Gasteiger charge is 2.27. The molecule has 0 saturated carbocycles. The van der Waals surface area contributed by atoms with Crippen molar-refractivity contribution < 1.29 is 23.5 Å². The van der Waals surface area contributed by atoms with Gasteiger partial charge in [0, 0.05) is 5.02 Å². The summed E-state index contributed by atoms with van der Waals surface area (Å²) in [4.78, 5) is 38.3. The lowest BCUT2D eigenvalue weighted by Crippen LogP contribution is -2.15. The fourth-order valence-electron chi connectivity index (χ4n) is 2.85. The van der Waals surface area contributed by atoms with E-state index in [4.69, 9.17) is 27.9 Å². The van der Waals surface area contributed by atoms with Gasteiger partial charge in [-0.15, -0.1) is 11.3 Å². The van der Waals surface area contributed by atoms with Gasteiger partial charge < -0.3 is 15.4 Å². The number of carbonyl (C=O) groups excluding carboxylic acids is 3. The normalized spacial score (nSPS) is 10.5. The van der Waals surface area contributed by atoms with Gasteiger partial charge in [-0.25, -0.2) is 9.18 Å². The number of halogens is 3. The molecule has 0 aliphatic heterocycles. The molecule has 0 spiro atoms. The summed E-state index contributed by atoms with van der Waals surface area (Å²) < 4.78 is 19.0. The number of benzene rings is 2. The van der Waals surface area contributed by atoms with Gasteiger partial charge in [0.15, 0.2) is 0 Å². The van der Waals surface area contributed by atoms with Gasteiger partial charge in [-0.05, 0) is 49.7 Å². The van der Waals surface area contributed by atoms with Crippen LogP contribution >= 0.6 is 34.5 Å². The summed E-state index contributed by atoms with van der Waals surface area (Å²) in [5.41, 5.74) is 0.449. The van der Waals surface area contributed by atoms with Crippen LogP contribution in [0.3, 0.4) is 0 Å². The van der Waals surface area contributed by atoms with Crippen LogP contribution in [0.2, 0.25) is 10.0 Å². The Bertz CT molecular complexity index is 1210. The van der Waals surface area contributed by atoms with Gasteiger partial charge >= 0.3 is 5.97 Å². The third kappa shape index (κ3) is 5.09. The SMILES string of the molecule is CCOC(=O)c1c(NC(=O)c2ccc(Cl)cc2Cl)sc(C(=O)Nc2ccccc2F)c1C. The standard InChI is InChI=1S/C22H17Cl2FN2O4S/c1-3-31-22(30)17-11(2)18(20(29)26-16-7-5-4-6-15(16)25)32-21(17)27-19(28)13-9-8-12(23)10-14(13)24/h4-10H,3H2,1-2H3,(H,26,29)(H,27,28). The predicted octanol–water partition coefficient (Wildman–Crippen LogP) is 6.18. The third-order valence-electron chi connectivity index (χ3n) is 4.36. The van der Waals surface area contributed by atoms with Crippen LogP contribution in [0.1, 0.15) is 42.9 Å². The van der Waals surface area contributed by atoms with Crippen molar-refractivity contribution in [2.45, 2.75) is 13.8 Å². The third-order valence-corrected chi connectivity index (χ3v) is 6.11. The van der Waals surface area contributed by atoms with Crippen LogP contribution in [0, 0.1) is 12.7 Å². The van der Waals surface area contributed by atoms with Gasteiger partial charge in [-0.3, -0.25) is 9.59 Å². The number of ether oxygens (including phenoxy) is 1. The highest BCUT2D eigenvalue weighted by atomic mass is 35.5. The summed E-state index contributed by atoms with van der Waals surface area (Å²) in [5, 5.41) is 5.68. The molecule has 3 rings (SSSR count). The maximum atomic E-state index is 13.9. The molecular formula is C22H17Cl2FN2O4S. The van der Waals surface area contributed by atoms with Crippen LogP contribution in [0.5, 0.6) is 0 Å². The smallest absolute Gasteiger partial charge is 0.341 e. The molecule has 0 aliphatic carbocycles. The number of hydrogen-bond acceptors (Lipinski definition) is 5. The van der Waals surface area contributed by atoms with Crippen LogP contribution in [0.25, 0.3) is 0 Å². The highest BCUT2D eigenvalue weighted by molar-refractivity contribution is 7.19. The van der Waals surface area contributed by atoms with Crippen molar-refractivity contribution in [1.29, 1.82) is 0 Å². The van der Waals surface area contributed by atoms with Crippen molar-refractivity contribution >= 4 is 63.0 Å². The first kappa shape index (κ1) is 23.7. The Labute approximate surface area is 197 Å². The van der Waals surface area contributed by atoms with Crippen molar-refractivity contribution in [3.63, 3.8) is 0 Å². The van der Waals surface area contributed by atoms with E-state index in [1.807, 2.05) is 0 Å². The van der Waals surface area contributed by atoms with Crippen LogP contribution in [-0.2, 0) is 4.74 Å². The number of para-hydroxylation sites is 1. The molecular weight excluding hydrogens is 478 g/mol. The molecule has 3 aromatic rings. The Morgan fingerprint density at radius 2 is 1.78 bits per heavy atom. The molecule has 0 radical (unpaired) electrons. The summed E-state index contributed by atoms with van der Waals surface area (Å²) in [6, 6.07) is 10.0. The van der Waals surface area contributed by atoms with Crippen molar-refractivity contribution in [3.05, 3.63) is 79.9 Å². The van der Waals surface area contributed by atoms with Crippen molar-refractivity contribution in [2.75, 3.05) is 17.2 Å². The topological polar surface area (TPSA) is 84.5 Å². The van der Waals surface area contributed by atoms with E-state index in [2.05, 4.69) is 10.6 Å². The molecule has 2 N–H and O–H groups in total. The first-order valence-corrected chi connectivity index (χ1v) is 10.9. The lowest BCUT2D eigenvalue weighted by Gasteiger charge is -2.08. The van der Waals surface area contributed by atoms with Crippen molar-refractivity contribution in [2.24, 2.45) is 0 Å². The Kier molecular flexibility index (Phi) is 7.50. The van der Waals surface area contributed by atoms with E-state index in [0.29, 0.717) is 10.6 Å². The van der Waals surface area contributed by atoms with Crippen LogP contribution in [0.15, 0.2) is 42.5 Å². The fourth-order valence-corrected chi connectivity index (χ4v) is 4.43. The molecule has 166 valence electrons. The molecule has 32 heavy (non-hydrogen) atoms. The number of anilines is 2. The minimum absolute atomic E-state index is 0.0125. The molecule has 1 aromatic heterocycles. The number of thiophene rings is 1. The molecule has 1 heterocycles. The molecule has 10 heteroatoms. The lowest BCUT2D eigenvalue weighted by molar-refractivity contribution is 0.0527. The fraction of sp³-hybridized carbons (Fsp3) is 0.136. The predicted molar refractivity (Wildman–Crippen MR) is 124 cm³/mol. The minimum Gasteiger partial charge on any atom is -0.462 e. The molecule has 0 fully saturated rings. The number of hydrogen-bond donors (Lipinski definition) is 2. The number of amides is 2. The van der Waals surface area contributed by atoms with Crippen LogP contribution in [0.4, 0.5) is 15.1 Å². The van der Waals surface area contributed by atoms with Gasteiger partial charge in [0.1, 0.15) is 10.8 Å². The van der Waals surface area contributed by atoms with E-state index in [1.165, 1.54) is 36.4 Å². The number of nitrogens with one attached hydrogen (secondary N) is 2. The van der Waals surface area contributed by atoms with E-state index in [0.717, 1.165) is 11.3 Å². The second-order valence-corrected chi connectivity index (χ2v) is 8.36. The second-order valence-electron chi connectivity index (χ2n) is 6.49. The molecule has 0 bridgehead atoms. The first-order chi connectivity index (χ1) is 15.2. The number of carbonyl (C=O) groups is 3. The average molecular weight is 495 g/mol. The van der Waals surface area contributed by atoms with E-state index < -0.39 is 23.6 Å². The first-order valence-electron chi connectivity index (χ1n) is 9.35. The zero-order valence-corrected chi connectivity index (χ0v) is 19.3. The van der Waals surface area contributed by atoms with Crippen molar-refractivity contribution in [1.82, 2.24) is 0 Å². The van der Waals surface area contributed by atoms with E-state index in [-0.39, 0.29) is 38.3 Å². The number of rotatable bonds is 6. The monoisotopic (exact) mass is 494 g/mol. The van der Waals surface area contributed by atoms with Gasteiger partial charge in [-0.1, -0.05) is 35.3 Å². The summed E-state index contributed by atoms with van der Waals surface area (Å²) >= 11 is 12.8. The van der Waals surface area contributed by atoms with Gasteiger partial charge in [-0.2, -0.15) is 0 Å². The van der Waals surface area contributed by atoms with E-state index in [9.17, 15) is 18.8 Å². The van der Waals surface area contributed by atoms with Crippen molar-refractivity contribution in [3.8, 4) is 0 Å².